The minimum atomic E-state index is -1.99. The summed E-state index contributed by atoms with van der Waals surface area (Å²) in [6.45, 7) is 9.67. The zero-order chi connectivity index (χ0) is 24.6. The zero-order valence-electron chi connectivity index (χ0n) is 22.5. The molecule has 0 aromatic heterocycles. The summed E-state index contributed by atoms with van der Waals surface area (Å²) in [5.41, 5.74) is 12.6. The molecule has 4 aromatic rings. The van der Waals surface area contributed by atoms with Crippen LogP contribution >= 0.6 is 0 Å². The van der Waals surface area contributed by atoms with Crippen molar-refractivity contribution in [1.82, 2.24) is 0 Å². The molecule has 0 spiro atoms. The first kappa shape index (κ1) is 27.9. The minimum absolute atomic E-state index is 0. The fraction of sp³-hybridized carbons (Fsp3) is 0.235. The maximum Gasteiger partial charge on any atom is -1.00 e. The van der Waals surface area contributed by atoms with E-state index in [1.807, 2.05) is 8.46 Å². The van der Waals surface area contributed by atoms with Crippen LogP contribution in [-0.4, -0.2) is 5.92 Å². The van der Waals surface area contributed by atoms with E-state index in [-0.39, 0.29) is 30.2 Å². The average molecular weight is 632 g/mol. The second kappa shape index (κ2) is 10.4. The van der Waals surface area contributed by atoms with Crippen LogP contribution in [0.25, 0.3) is 28.3 Å². The molecule has 0 bridgehead atoms. The molecule has 7 rings (SSSR count). The Hall–Kier alpha value is -1.70. The number of fused-ring (bicyclic) bond motifs is 4. The third-order valence-electron chi connectivity index (χ3n) is 8.62. The Bertz CT molecular complexity index is 1550. The number of benzene rings is 4. The molecule has 2 unspecified atom stereocenters. The molecule has 0 saturated carbocycles. The smallest absolute Gasteiger partial charge is 1.00 e. The fourth-order valence-electron chi connectivity index (χ4n) is 7.14. The van der Waals surface area contributed by atoms with Crippen molar-refractivity contribution < 1.29 is 45.7 Å². The number of rotatable bonds is 4. The summed E-state index contributed by atoms with van der Waals surface area (Å²) in [7, 11) is 0. The Morgan fingerprint density at radius 1 is 0.789 bits per heavy atom. The normalized spacial score (nSPS) is 17.9. The van der Waals surface area contributed by atoms with Gasteiger partial charge in [-0.25, -0.2) is 0 Å². The van der Waals surface area contributed by atoms with Crippen LogP contribution in [0, 0.1) is 5.41 Å². The van der Waals surface area contributed by atoms with E-state index >= 15 is 0 Å². The van der Waals surface area contributed by atoms with E-state index in [0.717, 1.165) is 6.42 Å². The van der Waals surface area contributed by atoms with Crippen molar-refractivity contribution in [2.45, 2.75) is 44.2 Å². The van der Waals surface area contributed by atoms with Crippen LogP contribution in [0.5, 0.6) is 0 Å². The van der Waals surface area contributed by atoms with Gasteiger partial charge < -0.3 is 24.8 Å². The third kappa shape index (κ3) is 4.02. The van der Waals surface area contributed by atoms with Gasteiger partial charge in [0.25, 0.3) is 0 Å². The fourth-order valence-corrected chi connectivity index (χ4v) is 33.7. The maximum atomic E-state index is 2.66. The molecule has 38 heavy (non-hydrogen) atoms. The van der Waals surface area contributed by atoms with E-state index in [1.54, 1.807) is 33.0 Å². The van der Waals surface area contributed by atoms with Crippen molar-refractivity contribution in [3.05, 3.63) is 107 Å². The summed E-state index contributed by atoms with van der Waals surface area (Å²) in [4.78, 5) is 0. The Labute approximate surface area is 248 Å². The van der Waals surface area contributed by atoms with Crippen LogP contribution in [0.15, 0.2) is 90.5 Å². The number of hydrogen-bond acceptors (Lipinski definition) is 0. The monoisotopic (exact) mass is 629 g/mol. The summed E-state index contributed by atoms with van der Waals surface area (Å²) in [5, 5.41) is 3.58. The molecule has 2 heterocycles. The van der Waals surface area contributed by atoms with Crippen LogP contribution in [0.4, 0.5) is 0 Å². The topological polar surface area (TPSA) is 0 Å². The van der Waals surface area contributed by atoms with Crippen molar-refractivity contribution in [2.24, 2.45) is 5.41 Å². The van der Waals surface area contributed by atoms with Crippen LogP contribution in [-0.2, 0) is 27.3 Å². The quantitative estimate of drug-likeness (QED) is 0.289. The minimum Gasteiger partial charge on any atom is -1.00 e. The molecule has 0 nitrogen and oxygen atoms in total. The van der Waals surface area contributed by atoms with E-state index in [1.165, 1.54) is 23.1 Å². The summed E-state index contributed by atoms with van der Waals surface area (Å²) < 4.78 is 2.50. The SMILES string of the molecule is CCCc1ccc2c(c1-c1ccccc1)C=C(C(C)(C)C)[CH]2[Zr+2]1[c]2cccc3c2[SiH]1c1ccccc1-3.[Cl-].[Cl-]. The van der Waals surface area contributed by atoms with E-state index in [9.17, 15) is 0 Å². The first-order valence-electron chi connectivity index (χ1n) is 13.5. The van der Waals surface area contributed by atoms with Gasteiger partial charge in [-0.3, -0.25) is 0 Å². The van der Waals surface area contributed by atoms with Gasteiger partial charge in [0.1, 0.15) is 0 Å². The van der Waals surface area contributed by atoms with Gasteiger partial charge in [0, 0.05) is 0 Å². The van der Waals surface area contributed by atoms with Gasteiger partial charge in [-0.2, -0.15) is 0 Å². The van der Waals surface area contributed by atoms with Crippen molar-refractivity contribution in [2.75, 3.05) is 0 Å². The predicted molar refractivity (Wildman–Crippen MR) is 154 cm³/mol. The first-order chi connectivity index (χ1) is 17.5. The second-order valence-electron chi connectivity index (χ2n) is 11.7. The molecule has 0 N–H and O–H groups in total. The molecule has 0 amide bonds. The Balaban J connectivity index is 0.00000147. The van der Waals surface area contributed by atoms with E-state index in [2.05, 4.69) is 119 Å². The number of aryl methyl sites for hydroxylation is 1. The largest absolute Gasteiger partial charge is 1.00 e. The third-order valence-corrected chi connectivity index (χ3v) is 30.8. The molecule has 0 fully saturated rings. The Kier molecular flexibility index (Phi) is 7.60. The Morgan fingerprint density at radius 3 is 2.24 bits per heavy atom. The molecule has 3 aliphatic rings. The second-order valence-corrected chi connectivity index (χ2v) is 26.7. The Morgan fingerprint density at radius 2 is 1.50 bits per heavy atom. The molecular weight excluding hydrogens is 599 g/mol. The van der Waals surface area contributed by atoms with E-state index in [4.69, 9.17) is 0 Å². The van der Waals surface area contributed by atoms with Gasteiger partial charge in [-0.05, 0) is 0 Å². The molecule has 191 valence electrons. The summed E-state index contributed by atoms with van der Waals surface area (Å²) in [6.07, 6.45) is 4.98. The van der Waals surface area contributed by atoms with Crippen molar-refractivity contribution >= 4 is 25.6 Å². The average Bonchev–Trinajstić information content (AvgIpc) is 3.40. The van der Waals surface area contributed by atoms with Crippen LogP contribution in [0.1, 0.15) is 54.4 Å². The first-order valence-corrected chi connectivity index (χ1v) is 22.2. The van der Waals surface area contributed by atoms with Gasteiger partial charge in [-0.15, -0.1) is 0 Å². The zero-order valence-corrected chi connectivity index (χ0v) is 27.6. The molecule has 0 saturated heterocycles. The van der Waals surface area contributed by atoms with Crippen molar-refractivity contribution in [1.29, 1.82) is 0 Å². The molecule has 2 aliphatic heterocycles. The molecule has 1 aliphatic carbocycles. The van der Waals surface area contributed by atoms with Gasteiger partial charge in [0.05, 0.1) is 0 Å². The predicted octanol–water partition coefficient (Wildman–Crippen LogP) is 0.574. The standard InChI is InChI=1S/C22H25.C12H8Si.2ClH.Zr/c1-5-9-16-12-13-18-14-19(22(2,3)4)15-20(18)21(16)17-10-7-6-8-11-17;1-3-7-11-9(5-1)10-6-2-4-8-12(10)13-11;;;/h6-8,10-15H,5,9H2,1-4H3;1-7,13H;2*1H;/q;;;;+2/p-2. The van der Waals surface area contributed by atoms with Gasteiger partial charge in [-0.1, -0.05) is 0 Å². The van der Waals surface area contributed by atoms with Crippen LogP contribution in [0.3, 0.4) is 0 Å². The molecular formula is C34H33Cl2SiZr. The van der Waals surface area contributed by atoms with Crippen LogP contribution < -0.4 is 38.5 Å². The molecule has 4 aromatic carbocycles. The van der Waals surface area contributed by atoms with Gasteiger partial charge in [0.15, 0.2) is 0 Å². The van der Waals surface area contributed by atoms with E-state index in [0.29, 0.717) is 3.63 Å². The van der Waals surface area contributed by atoms with E-state index < -0.39 is 26.8 Å². The number of halogens is 2. The van der Waals surface area contributed by atoms with Crippen molar-refractivity contribution in [3.8, 4) is 22.3 Å². The molecule has 0 radical (unpaired) electrons. The number of allylic oxidation sites excluding steroid dienone is 1. The van der Waals surface area contributed by atoms with Crippen LogP contribution in [0.2, 0.25) is 0 Å². The van der Waals surface area contributed by atoms with Crippen molar-refractivity contribution in [3.63, 3.8) is 0 Å². The van der Waals surface area contributed by atoms with Gasteiger partial charge in [0.2, 0.25) is 0 Å². The molecule has 2 atom stereocenters. The summed E-state index contributed by atoms with van der Waals surface area (Å²) in [6, 6.07) is 33.0. The number of hydrogen-bond donors (Lipinski definition) is 0. The summed E-state index contributed by atoms with van der Waals surface area (Å²) in [5.74, 6) is -1.08. The summed E-state index contributed by atoms with van der Waals surface area (Å²) >= 11 is -1.99. The molecule has 4 heteroatoms. The van der Waals surface area contributed by atoms with Gasteiger partial charge >= 0.3 is 226 Å². The maximum absolute atomic E-state index is 2.66.